The Morgan fingerprint density at radius 3 is 2.95 bits per heavy atom. The number of fused-ring (bicyclic) bond motifs is 1. The summed E-state index contributed by atoms with van der Waals surface area (Å²) in [6.07, 6.45) is 1.78. The Balaban J connectivity index is 1.97. The molecule has 2 aromatic rings. The molecule has 2 N–H and O–H groups in total. The van der Waals surface area contributed by atoms with Gasteiger partial charge in [0.25, 0.3) is 5.95 Å². The molecule has 0 saturated heterocycles. The number of pyridine rings is 1. The van der Waals surface area contributed by atoms with Crippen molar-refractivity contribution in [3.05, 3.63) is 23.0 Å². The molecule has 0 amide bonds. The van der Waals surface area contributed by atoms with Crippen LogP contribution >= 0.6 is 0 Å². The second-order valence-corrected chi connectivity index (χ2v) is 5.15. The fourth-order valence-corrected chi connectivity index (χ4v) is 2.10. The lowest BCUT2D eigenvalue weighted by Crippen LogP contribution is -2.36. The van der Waals surface area contributed by atoms with Crippen molar-refractivity contribution in [3.63, 3.8) is 0 Å². The quantitative estimate of drug-likeness (QED) is 0.859. The molecule has 0 aromatic carbocycles. The van der Waals surface area contributed by atoms with Gasteiger partial charge in [-0.15, -0.1) is 5.10 Å². The molecule has 0 fully saturated rings. The first-order chi connectivity index (χ1) is 9.44. The molecule has 0 spiro atoms. The Labute approximate surface area is 115 Å². The van der Waals surface area contributed by atoms with Crippen molar-refractivity contribution < 1.29 is 9.47 Å². The highest BCUT2D eigenvalue weighted by molar-refractivity contribution is 5.42. The zero-order chi connectivity index (χ0) is 14.3. The summed E-state index contributed by atoms with van der Waals surface area (Å²) in [5, 5.41) is 11.5. The van der Waals surface area contributed by atoms with E-state index in [1.165, 1.54) is 4.80 Å². The van der Waals surface area contributed by atoms with E-state index in [-0.39, 0.29) is 5.95 Å². The molecule has 1 aliphatic rings. The number of nitrogen functional groups attached to an aromatic ring is 1. The standard InChI is InChI=1S/C12H16N6O2/c1-7-10-9(6-19-12(2,3)20-10)8(4-14-7)5-18-16-11(13)15-17-18/h4H,5-6H2,1-3H3,(H2,13,16). The highest BCUT2D eigenvalue weighted by atomic mass is 16.7. The normalized spacial score (nSPS) is 16.6. The van der Waals surface area contributed by atoms with E-state index in [9.17, 15) is 0 Å². The van der Waals surface area contributed by atoms with Gasteiger partial charge in [0, 0.05) is 31.2 Å². The molecule has 0 atom stereocenters. The van der Waals surface area contributed by atoms with Crippen LogP contribution in [0.2, 0.25) is 0 Å². The lowest BCUT2D eigenvalue weighted by Gasteiger charge is -2.34. The van der Waals surface area contributed by atoms with E-state index >= 15 is 0 Å². The number of nitrogens with zero attached hydrogens (tertiary/aromatic N) is 5. The van der Waals surface area contributed by atoms with Gasteiger partial charge in [-0.2, -0.15) is 4.80 Å². The SMILES string of the molecule is Cc1ncc(Cn2nnc(N)n2)c2c1OC(C)(C)OC2. The first-order valence-electron chi connectivity index (χ1n) is 6.28. The maximum absolute atomic E-state index is 5.86. The van der Waals surface area contributed by atoms with Crippen molar-refractivity contribution in [2.75, 3.05) is 5.73 Å². The Morgan fingerprint density at radius 1 is 1.45 bits per heavy atom. The van der Waals surface area contributed by atoms with E-state index in [0.717, 1.165) is 22.6 Å². The van der Waals surface area contributed by atoms with E-state index in [2.05, 4.69) is 20.4 Å². The van der Waals surface area contributed by atoms with E-state index in [1.807, 2.05) is 20.8 Å². The predicted octanol–water partition coefficient (Wildman–Crippen LogP) is 0.652. The zero-order valence-corrected chi connectivity index (χ0v) is 11.6. The number of anilines is 1. The molecule has 0 radical (unpaired) electrons. The highest BCUT2D eigenvalue weighted by Gasteiger charge is 2.30. The molecule has 20 heavy (non-hydrogen) atoms. The van der Waals surface area contributed by atoms with Crippen LogP contribution < -0.4 is 10.5 Å². The first-order valence-corrected chi connectivity index (χ1v) is 6.28. The van der Waals surface area contributed by atoms with Gasteiger partial charge in [-0.25, -0.2) is 0 Å². The topological polar surface area (TPSA) is 101 Å². The number of aryl methyl sites for hydroxylation is 1. The summed E-state index contributed by atoms with van der Waals surface area (Å²) in [6.45, 7) is 6.55. The lowest BCUT2D eigenvalue weighted by molar-refractivity contribution is -0.180. The fraction of sp³-hybridized carbons (Fsp3) is 0.500. The molecule has 0 aliphatic carbocycles. The number of rotatable bonds is 2. The summed E-state index contributed by atoms with van der Waals surface area (Å²) in [6, 6.07) is 0. The Kier molecular flexibility index (Phi) is 2.82. The van der Waals surface area contributed by atoms with Gasteiger partial charge in [-0.1, -0.05) is 5.10 Å². The summed E-state index contributed by atoms with van der Waals surface area (Å²) >= 11 is 0. The van der Waals surface area contributed by atoms with Gasteiger partial charge in [-0.05, 0) is 12.1 Å². The third kappa shape index (κ3) is 2.29. The second-order valence-electron chi connectivity index (χ2n) is 5.15. The molecule has 0 bridgehead atoms. The summed E-state index contributed by atoms with van der Waals surface area (Å²) in [7, 11) is 0. The van der Waals surface area contributed by atoms with Crippen molar-refractivity contribution in [2.24, 2.45) is 0 Å². The Hall–Kier alpha value is -2.22. The summed E-state index contributed by atoms with van der Waals surface area (Å²) in [4.78, 5) is 5.78. The van der Waals surface area contributed by atoms with Crippen LogP contribution in [0.3, 0.4) is 0 Å². The van der Waals surface area contributed by atoms with Crippen LogP contribution in [0.4, 0.5) is 5.95 Å². The van der Waals surface area contributed by atoms with Crippen molar-refractivity contribution in [3.8, 4) is 5.75 Å². The van der Waals surface area contributed by atoms with Gasteiger partial charge in [0.2, 0.25) is 5.79 Å². The molecular formula is C12H16N6O2. The summed E-state index contributed by atoms with van der Waals surface area (Å²) in [5.74, 6) is 0.271. The van der Waals surface area contributed by atoms with Gasteiger partial charge in [0.15, 0.2) is 0 Å². The predicted molar refractivity (Wildman–Crippen MR) is 69.8 cm³/mol. The van der Waals surface area contributed by atoms with E-state index in [0.29, 0.717) is 13.2 Å². The van der Waals surface area contributed by atoms with Crippen molar-refractivity contribution >= 4 is 5.95 Å². The lowest BCUT2D eigenvalue weighted by atomic mass is 10.1. The van der Waals surface area contributed by atoms with Gasteiger partial charge >= 0.3 is 0 Å². The minimum absolute atomic E-state index is 0.146. The number of tetrazole rings is 1. The van der Waals surface area contributed by atoms with E-state index < -0.39 is 5.79 Å². The van der Waals surface area contributed by atoms with Crippen LogP contribution in [-0.4, -0.2) is 31.0 Å². The number of nitrogens with two attached hydrogens (primary N) is 1. The summed E-state index contributed by atoms with van der Waals surface area (Å²) in [5.41, 5.74) is 8.19. The second kappa shape index (κ2) is 4.41. The van der Waals surface area contributed by atoms with Crippen molar-refractivity contribution in [2.45, 2.75) is 39.7 Å². The largest absolute Gasteiger partial charge is 0.461 e. The van der Waals surface area contributed by atoms with E-state index in [4.69, 9.17) is 15.2 Å². The van der Waals surface area contributed by atoms with Crippen molar-refractivity contribution in [1.82, 2.24) is 25.2 Å². The monoisotopic (exact) mass is 276 g/mol. The minimum Gasteiger partial charge on any atom is -0.461 e. The zero-order valence-electron chi connectivity index (χ0n) is 11.6. The molecule has 8 nitrogen and oxygen atoms in total. The molecule has 0 unspecified atom stereocenters. The molecule has 1 aliphatic heterocycles. The molecule has 8 heteroatoms. The van der Waals surface area contributed by atoms with Gasteiger partial charge < -0.3 is 15.2 Å². The number of aromatic nitrogens is 5. The first kappa shape index (κ1) is 12.8. The maximum atomic E-state index is 5.86. The van der Waals surface area contributed by atoms with Gasteiger partial charge in [-0.3, -0.25) is 4.98 Å². The van der Waals surface area contributed by atoms with Gasteiger partial charge in [0.05, 0.1) is 18.8 Å². The molecular weight excluding hydrogens is 260 g/mol. The average Bonchev–Trinajstić information content (AvgIpc) is 2.78. The molecule has 3 rings (SSSR count). The molecule has 3 heterocycles. The third-order valence-corrected chi connectivity index (χ3v) is 3.10. The van der Waals surface area contributed by atoms with Crippen LogP contribution in [0.5, 0.6) is 5.75 Å². The Bertz CT molecular complexity index is 651. The van der Waals surface area contributed by atoms with Crippen LogP contribution in [0, 0.1) is 6.92 Å². The molecule has 0 saturated carbocycles. The van der Waals surface area contributed by atoms with Crippen molar-refractivity contribution in [1.29, 1.82) is 0 Å². The maximum Gasteiger partial charge on any atom is 0.260 e. The number of hydrogen-bond donors (Lipinski definition) is 1. The average molecular weight is 276 g/mol. The minimum atomic E-state index is -0.645. The van der Waals surface area contributed by atoms with Gasteiger partial charge in [0.1, 0.15) is 5.75 Å². The van der Waals surface area contributed by atoms with E-state index in [1.54, 1.807) is 6.20 Å². The van der Waals surface area contributed by atoms with Crippen LogP contribution in [0.1, 0.15) is 30.7 Å². The Morgan fingerprint density at radius 2 is 2.25 bits per heavy atom. The molecule has 2 aromatic heterocycles. The van der Waals surface area contributed by atoms with Crippen LogP contribution in [-0.2, 0) is 17.9 Å². The molecule has 106 valence electrons. The fourth-order valence-electron chi connectivity index (χ4n) is 2.10. The van der Waals surface area contributed by atoms with Crippen LogP contribution in [0.25, 0.3) is 0 Å². The number of ether oxygens (including phenoxy) is 2. The smallest absolute Gasteiger partial charge is 0.260 e. The summed E-state index contributed by atoms with van der Waals surface area (Å²) < 4.78 is 11.5. The number of hydrogen-bond acceptors (Lipinski definition) is 7. The highest BCUT2D eigenvalue weighted by Crippen LogP contribution is 2.35. The van der Waals surface area contributed by atoms with Crippen LogP contribution in [0.15, 0.2) is 6.20 Å². The third-order valence-electron chi connectivity index (χ3n) is 3.10.